The molecule has 1 heterocycles. The van der Waals surface area contributed by atoms with Crippen molar-refractivity contribution in [2.75, 3.05) is 35.0 Å². The number of aryl methyl sites for hydroxylation is 1. The Labute approximate surface area is 175 Å². The average Bonchev–Trinajstić information content (AvgIpc) is 3.10. The van der Waals surface area contributed by atoms with Crippen LogP contribution in [-0.4, -0.2) is 40.2 Å². The lowest BCUT2D eigenvalue weighted by molar-refractivity contribution is 0.324. The third kappa shape index (κ3) is 3.68. The van der Waals surface area contributed by atoms with Gasteiger partial charge in [-0.3, -0.25) is 0 Å². The van der Waals surface area contributed by atoms with Gasteiger partial charge in [-0.2, -0.15) is 0 Å². The Balaban J connectivity index is 2.15. The summed E-state index contributed by atoms with van der Waals surface area (Å²) in [6.45, 7) is 5.97. The fraction of sp³-hybridized carbons (Fsp3) is 0.250. The fourth-order valence-electron chi connectivity index (χ4n) is 3.32. The summed E-state index contributed by atoms with van der Waals surface area (Å²) in [5.74, 6) is 8.34. The molecule has 0 bridgehead atoms. The van der Waals surface area contributed by atoms with E-state index in [4.69, 9.17) is 28.5 Å². The molecule has 0 unspecified atom stereocenters. The first-order chi connectivity index (χ1) is 14.5. The number of hydrogen-bond donors (Lipinski definition) is 1. The Morgan fingerprint density at radius 3 is 2.13 bits per heavy atom. The summed E-state index contributed by atoms with van der Waals surface area (Å²) in [4.78, 5) is 0. The number of fused-ring (bicyclic) bond motifs is 1. The van der Waals surface area contributed by atoms with Crippen molar-refractivity contribution >= 4 is 16.5 Å². The highest BCUT2D eigenvalue weighted by Gasteiger charge is 2.20. The molecule has 0 fully saturated rings. The van der Waals surface area contributed by atoms with Crippen molar-refractivity contribution in [2.24, 2.45) is 0 Å². The number of benzene rings is 2. The van der Waals surface area contributed by atoms with E-state index in [-0.39, 0.29) is 6.61 Å². The van der Waals surface area contributed by atoms with Gasteiger partial charge in [0.25, 0.3) is 0 Å². The van der Waals surface area contributed by atoms with Gasteiger partial charge in [-0.15, -0.1) is 0 Å². The van der Waals surface area contributed by atoms with Crippen LogP contribution < -0.4 is 18.9 Å². The summed E-state index contributed by atoms with van der Waals surface area (Å²) in [6.07, 6.45) is 0. The van der Waals surface area contributed by atoms with Crippen molar-refractivity contribution in [3.05, 3.63) is 53.3 Å². The van der Waals surface area contributed by atoms with Gasteiger partial charge in [0.1, 0.15) is 23.7 Å². The third-order valence-corrected chi connectivity index (χ3v) is 4.85. The van der Waals surface area contributed by atoms with Crippen molar-refractivity contribution in [1.82, 2.24) is 0 Å². The number of rotatable bonds is 6. The van der Waals surface area contributed by atoms with Gasteiger partial charge in [0.15, 0.2) is 11.5 Å². The second kappa shape index (κ2) is 8.85. The number of aliphatic hydroxyl groups excluding tert-OH is 1. The number of aliphatic hydroxyl groups is 1. The largest absolute Gasteiger partial charge is 0.495 e. The van der Waals surface area contributed by atoms with E-state index in [9.17, 15) is 0 Å². The lowest BCUT2D eigenvalue weighted by Gasteiger charge is -2.14. The summed E-state index contributed by atoms with van der Waals surface area (Å²) in [5.41, 5.74) is 3.69. The second-order valence-electron chi connectivity index (χ2n) is 6.46. The Morgan fingerprint density at radius 2 is 1.60 bits per heavy atom. The van der Waals surface area contributed by atoms with Crippen LogP contribution in [0.4, 0.5) is 0 Å². The molecule has 0 radical (unpaired) electrons. The van der Waals surface area contributed by atoms with Gasteiger partial charge in [-0.25, -0.2) is 0 Å². The number of furan rings is 1. The molecule has 1 N–H and O–H groups in total. The molecule has 30 heavy (non-hydrogen) atoms. The van der Waals surface area contributed by atoms with Crippen LogP contribution in [0.2, 0.25) is 0 Å². The molecule has 0 amide bonds. The number of hydrogen-bond acceptors (Lipinski definition) is 6. The Morgan fingerprint density at radius 1 is 0.967 bits per heavy atom. The third-order valence-electron chi connectivity index (χ3n) is 4.85. The minimum absolute atomic E-state index is 0.227. The van der Waals surface area contributed by atoms with Crippen molar-refractivity contribution in [2.45, 2.75) is 6.92 Å². The molecule has 6 heteroatoms. The van der Waals surface area contributed by atoms with E-state index < -0.39 is 0 Å². The molecular formula is C24H24O6. The van der Waals surface area contributed by atoms with Gasteiger partial charge in [-0.1, -0.05) is 18.4 Å². The molecule has 3 rings (SSSR count). The van der Waals surface area contributed by atoms with Gasteiger partial charge in [-0.05, 0) is 30.7 Å². The first kappa shape index (κ1) is 21.2. The highest BCUT2D eigenvalue weighted by Crippen LogP contribution is 2.42. The monoisotopic (exact) mass is 408 g/mol. The minimum atomic E-state index is -0.227. The van der Waals surface area contributed by atoms with Gasteiger partial charge in [0.2, 0.25) is 5.75 Å². The predicted octanol–water partition coefficient (Wildman–Crippen LogP) is 4.18. The maximum Gasteiger partial charge on any atom is 0.203 e. The standard InChI is InChI=1S/C24H24O6/c1-14(17-11-21(27-4)24(29-6)22(12-17)28-5)23-15(2)18-10-16(8-7-9-25)19(26-3)13-20(18)30-23/h10-13,25H,1,9H2,2-6H3. The Hall–Kier alpha value is -3.56. The van der Waals surface area contributed by atoms with E-state index in [0.29, 0.717) is 45.5 Å². The van der Waals surface area contributed by atoms with Crippen LogP contribution in [0.5, 0.6) is 23.0 Å². The molecule has 0 saturated carbocycles. The zero-order valence-electron chi connectivity index (χ0n) is 17.7. The van der Waals surface area contributed by atoms with Gasteiger partial charge < -0.3 is 28.5 Å². The van der Waals surface area contributed by atoms with Crippen LogP contribution in [0.3, 0.4) is 0 Å². The van der Waals surface area contributed by atoms with Crippen LogP contribution in [0.1, 0.15) is 22.5 Å². The fourth-order valence-corrected chi connectivity index (χ4v) is 3.32. The smallest absolute Gasteiger partial charge is 0.203 e. The Bertz CT molecular complexity index is 1130. The summed E-state index contributed by atoms with van der Waals surface area (Å²) >= 11 is 0. The molecule has 0 saturated heterocycles. The van der Waals surface area contributed by atoms with Gasteiger partial charge >= 0.3 is 0 Å². The molecular weight excluding hydrogens is 384 g/mol. The summed E-state index contributed by atoms with van der Waals surface area (Å²) in [7, 11) is 6.26. The van der Waals surface area contributed by atoms with Gasteiger partial charge in [0.05, 0.1) is 34.0 Å². The van der Waals surface area contributed by atoms with E-state index in [1.165, 1.54) is 0 Å². The summed E-state index contributed by atoms with van der Waals surface area (Å²) in [6, 6.07) is 7.33. The number of methoxy groups -OCH3 is 4. The first-order valence-electron chi connectivity index (χ1n) is 9.19. The zero-order valence-corrected chi connectivity index (χ0v) is 17.7. The lowest BCUT2D eigenvalue weighted by Crippen LogP contribution is -1.97. The number of ether oxygens (including phenoxy) is 4. The lowest BCUT2D eigenvalue weighted by atomic mass is 10.00. The summed E-state index contributed by atoms with van der Waals surface area (Å²) in [5, 5.41) is 9.90. The summed E-state index contributed by atoms with van der Waals surface area (Å²) < 4.78 is 27.8. The first-order valence-corrected chi connectivity index (χ1v) is 9.19. The topological polar surface area (TPSA) is 70.3 Å². The maximum absolute atomic E-state index is 9.01. The Kier molecular flexibility index (Phi) is 6.24. The van der Waals surface area contributed by atoms with E-state index in [0.717, 1.165) is 16.5 Å². The van der Waals surface area contributed by atoms with Crippen molar-refractivity contribution in [3.63, 3.8) is 0 Å². The molecule has 0 aliphatic heterocycles. The minimum Gasteiger partial charge on any atom is -0.495 e. The maximum atomic E-state index is 9.01. The quantitative estimate of drug-likeness (QED) is 0.617. The molecule has 1 aromatic heterocycles. The van der Waals surface area contributed by atoms with Crippen LogP contribution in [0.25, 0.3) is 16.5 Å². The molecule has 0 aliphatic rings. The average molecular weight is 408 g/mol. The molecule has 3 aromatic rings. The molecule has 0 atom stereocenters. The van der Waals surface area contributed by atoms with Crippen LogP contribution >= 0.6 is 0 Å². The SMILES string of the molecule is C=C(c1cc(OC)c(OC)c(OC)c1)c1oc2cc(OC)c(C#CCO)cc2c1C. The normalized spacial score (nSPS) is 10.3. The molecule has 0 spiro atoms. The van der Waals surface area contributed by atoms with E-state index in [1.54, 1.807) is 34.5 Å². The zero-order chi connectivity index (χ0) is 21.8. The van der Waals surface area contributed by atoms with E-state index in [2.05, 4.69) is 18.4 Å². The predicted molar refractivity (Wildman–Crippen MR) is 116 cm³/mol. The highest BCUT2D eigenvalue weighted by molar-refractivity contribution is 5.91. The molecule has 6 nitrogen and oxygen atoms in total. The van der Waals surface area contributed by atoms with Crippen molar-refractivity contribution in [1.29, 1.82) is 0 Å². The molecule has 156 valence electrons. The van der Waals surface area contributed by atoms with Crippen molar-refractivity contribution in [3.8, 4) is 34.8 Å². The van der Waals surface area contributed by atoms with Crippen LogP contribution in [-0.2, 0) is 0 Å². The van der Waals surface area contributed by atoms with E-state index >= 15 is 0 Å². The molecule has 0 aliphatic carbocycles. The highest BCUT2D eigenvalue weighted by atomic mass is 16.5. The second-order valence-corrected chi connectivity index (χ2v) is 6.46. The van der Waals surface area contributed by atoms with E-state index in [1.807, 2.05) is 25.1 Å². The van der Waals surface area contributed by atoms with Gasteiger partial charge in [0, 0.05) is 22.6 Å². The van der Waals surface area contributed by atoms with Crippen molar-refractivity contribution < 1.29 is 28.5 Å². The molecule has 2 aromatic carbocycles. The van der Waals surface area contributed by atoms with Crippen LogP contribution in [0.15, 0.2) is 35.3 Å². The van der Waals surface area contributed by atoms with Crippen LogP contribution in [0, 0.1) is 18.8 Å².